The lowest BCUT2D eigenvalue weighted by Crippen LogP contribution is -2.09. The summed E-state index contributed by atoms with van der Waals surface area (Å²) in [7, 11) is 0. The molecule has 0 saturated carbocycles. The first kappa shape index (κ1) is 12.8. The van der Waals surface area contributed by atoms with Gasteiger partial charge in [-0.15, -0.1) is 0 Å². The van der Waals surface area contributed by atoms with E-state index in [-0.39, 0.29) is 0 Å². The average molecular weight is 244 g/mol. The highest BCUT2D eigenvalue weighted by Crippen LogP contribution is 2.26. The number of aliphatic hydroxyl groups excluding tert-OH is 1. The second-order valence-corrected chi connectivity index (χ2v) is 4.70. The van der Waals surface area contributed by atoms with Crippen LogP contribution in [0.2, 0.25) is 0 Å². The Hall–Kier alpha value is -1.61. The van der Waals surface area contributed by atoms with Crippen LogP contribution in [0.1, 0.15) is 41.8 Å². The number of aliphatic hydroxyl groups is 1. The fraction of sp³-hybridized carbons (Fsp3) is 0.400. The molecule has 18 heavy (non-hydrogen) atoms. The molecular weight excluding hydrogens is 224 g/mol. The predicted molar refractivity (Wildman–Crippen MR) is 72.5 cm³/mol. The molecular formula is C15H20N2O. The van der Waals surface area contributed by atoms with Crippen LogP contribution in [0.4, 0.5) is 0 Å². The molecule has 0 aliphatic carbocycles. The van der Waals surface area contributed by atoms with E-state index in [2.05, 4.69) is 31.8 Å². The van der Waals surface area contributed by atoms with Crippen molar-refractivity contribution < 1.29 is 5.11 Å². The molecule has 1 N–H and O–H groups in total. The molecule has 96 valence electrons. The van der Waals surface area contributed by atoms with Crippen molar-refractivity contribution in [3.63, 3.8) is 0 Å². The van der Waals surface area contributed by atoms with E-state index in [0.717, 1.165) is 29.8 Å². The maximum absolute atomic E-state index is 10.5. The molecule has 1 aromatic heterocycles. The van der Waals surface area contributed by atoms with Gasteiger partial charge in [-0.1, -0.05) is 25.1 Å². The molecule has 1 aromatic carbocycles. The van der Waals surface area contributed by atoms with E-state index in [1.807, 2.05) is 16.7 Å². The van der Waals surface area contributed by atoms with Gasteiger partial charge < -0.3 is 9.67 Å². The molecule has 0 spiro atoms. The molecule has 1 atom stereocenters. The van der Waals surface area contributed by atoms with Crippen LogP contribution in [0.5, 0.6) is 0 Å². The van der Waals surface area contributed by atoms with E-state index in [1.54, 1.807) is 12.5 Å². The molecule has 0 amide bonds. The third-order valence-electron chi connectivity index (χ3n) is 3.43. The van der Waals surface area contributed by atoms with Gasteiger partial charge in [-0.25, -0.2) is 4.98 Å². The fourth-order valence-electron chi connectivity index (χ4n) is 2.22. The van der Waals surface area contributed by atoms with Crippen LogP contribution in [0, 0.1) is 13.8 Å². The molecule has 0 aliphatic heterocycles. The Bertz CT molecular complexity index is 531. The van der Waals surface area contributed by atoms with Gasteiger partial charge in [0.05, 0.1) is 18.2 Å². The van der Waals surface area contributed by atoms with Crippen molar-refractivity contribution in [1.82, 2.24) is 9.55 Å². The summed E-state index contributed by atoms with van der Waals surface area (Å²) in [5.41, 5.74) is 4.18. The standard InChI is InChI=1S/C15H20N2O/c1-4-8-17-10-16-9-14(17)15(18)13-7-5-6-11(2)12(13)3/h5-7,9-10,15,18H,4,8H2,1-3H3. The predicted octanol–water partition coefficient (Wildman–Crippen LogP) is 2.99. The van der Waals surface area contributed by atoms with Gasteiger partial charge in [0.15, 0.2) is 0 Å². The first-order chi connectivity index (χ1) is 8.65. The summed E-state index contributed by atoms with van der Waals surface area (Å²) in [5.74, 6) is 0. The highest BCUT2D eigenvalue weighted by atomic mass is 16.3. The van der Waals surface area contributed by atoms with Crippen molar-refractivity contribution in [2.45, 2.75) is 39.8 Å². The van der Waals surface area contributed by atoms with E-state index >= 15 is 0 Å². The minimum Gasteiger partial charge on any atom is -0.382 e. The Morgan fingerprint density at radius 3 is 2.83 bits per heavy atom. The summed E-state index contributed by atoms with van der Waals surface area (Å²) in [4.78, 5) is 4.14. The maximum atomic E-state index is 10.5. The van der Waals surface area contributed by atoms with Gasteiger partial charge in [-0.05, 0) is 37.0 Å². The van der Waals surface area contributed by atoms with Crippen molar-refractivity contribution in [3.05, 3.63) is 53.1 Å². The highest BCUT2D eigenvalue weighted by molar-refractivity contribution is 5.37. The molecule has 1 unspecified atom stereocenters. The number of hydrogen-bond acceptors (Lipinski definition) is 2. The Morgan fingerprint density at radius 1 is 1.33 bits per heavy atom. The smallest absolute Gasteiger partial charge is 0.121 e. The van der Waals surface area contributed by atoms with Crippen LogP contribution < -0.4 is 0 Å². The zero-order valence-electron chi connectivity index (χ0n) is 11.2. The summed E-state index contributed by atoms with van der Waals surface area (Å²) in [6.45, 7) is 7.12. The maximum Gasteiger partial charge on any atom is 0.121 e. The van der Waals surface area contributed by atoms with Gasteiger partial charge >= 0.3 is 0 Å². The summed E-state index contributed by atoms with van der Waals surface area (Å²) in [6.07, 6.45) is 3.97. The Balaban J connectivity index is 2.38. The van der Waals surface area contributed by atoms with E-state index in [9.17, 15) is 5.11 Å². The Labute approximate surface area is 108 Å². The van der Waals surface area contributed by atoms with E-state index in [0.29, 0.717) is 0 Å². The van der Waals surface area contributed by atoms with Gasteiger partial charge in [-0.2, -0.15) is 0 Å². The van der Waals surface area contributed by atoms with Crippen LogP contribution in [0.3, 0.4) is 0 Å². The Kier molecular flexibility index (Phi) is 3.82. The van der Waals surface area contributed by atoms with Gasteiger partial charge in [0.2, 0.25) is 0 Å². The van der Waals surface area contributed by atoms with Crippen LogP contribution in [-0.2, 0) is 6.54 Å². The summed E-state index contributed by atoms with van der Waals surface area (Å²) < 4.78 is 2.02. The third-order valence-corrected chi connectivity index (χ3v) is 3.43. The first-order valence-corrected chi connectivity index (χ1v) is 6.39. The van der Waals surface area contributed by atoms with Crippen molar-refractivity contribution in [3.8, 4) is 0 Å². The largest absolute Gasteiger partial charge is 0.382 e. The highest BCUT2D eigenvalue weighted by Gasteiger charge is 2.17. The lowest BCUT2D eigenvalue weighted by Gasteiger charge is -2.17. The van der Waals surface area contributed by atoms with Crippen LogP contribution in [0.25, 0.3) is 0 Å². The number of nitrogens with zero attached hydrogens (tertiary/aromatic N) is 2. The van der Waals surface area contributed by atoms with Gasteiger partial charge in [0, 0.05) is 6.54 Å². The second-order valence-electron chi connectivity index (χ2n) is 4.70. The Morgan fingerprint density at radius 2 is 2.11 bits per heavy atom. The number of hydrogen-bond donors (Lipinski definition) is 1. The van der Waals surface area contributed by atoms with Crippen molar-refractivity contribution >= 4 is 0 Å². The molecule has 0 bridgehead atoms. The van der Waals surface area contributed by atoms with Gasteiger partial charge in [-0.3, -0.25) is 0 Å². The molecule has 2 aromatic rings. The molecule has 3 heteroatoms. The molecule has 2 rings (SSSR count). The molecule has 1 heterocycles. The SMILES string of the molecule is CCCn1cncc1C(O)c1cccc(C)c1C. The summed E-state index contributed by atoms with van der Waals surface area (Å²) in [5, 5.41) is 10.5. The zero-order valence-corrected chi connectivity index (χ0v) is 11.2. The summed E-state index contributed by atoms with van der Waals surface area (Å²) >= 11 is 0. The number of rotatable bonds is 4. The number of aromatic nitrogens is 2. The van der Waals surface area contributed by atoms with Gasteiger partial charge in [0.1, 0.15) is 6.10 Å². The van der Waals surface area contributed by atoms with E-state index in [1.165, 1.54) is 5.56 Å². The minimum atomic E-state index is -0.598. The summed E-state index contributed by atoms with van der Waals surface area (Å²) in [6, 6.07) is 6.03. The lowest BCUT2D eigenvalue weighted by atomic mass is 9.97. The molecule has 3 nitrogen and oxygen atoms in total. The third kappa shape index (κ3) is 2.31. The van der Waals surface area contributed by atoms with Crippen LogP contribution in [-0.4, -0.2) is 14.7 Å². The lowest BCUT2D eigenvalue weighted by molar-refractivity contribution is 0.209. The number of imidazole rings is 1. The second kappa shape index (κ2) is 5.36. The minimum absolute atomic E-state index is 0.598. The number of aryl methyl sites for hydroxylation is 2. The quantitative estimate of drug-likeness (QED) is 0.897. The monoisotopic (exact) mass is 244 g/mol. The van der Waals surface area contributed by atoms with Crippen LogP contribution >= 0.6 is 0 Å². The topological polar surface area (TPSA) is 38.0 Å². The van der Waals surface area contributed by atoms with Crippen molar-refractivity contribution in [2.75, 3.05) is 0 Å². The van der Waals surface area contributed by atoms with Crippen LogP contribution in [0.15, 0.2) is 30.7 Å². The van der Waals surface area contributed by atoms with E-state index in [4.69, 9.17) is 0 Å². The van der Waals surface area contributed by atoms with Gasteiger partial charge in [0.25, 0.3) is 0 Å². The van der Waals surface area contributed by atoms with E-state index < -0.39 is 6.10 Å². The fourth-order valence-corrected chi connectivity index (χ4v) is 2.22. The normalized spacial score (nSPS) is 12.7. The van der Waals surface area contributed by atoms with Crippen molar-refractivity contribution in [1.29, 1.82) is 0 Å². The molecule has 0 fully saturated rings. The molecule has 0 aliphatic rings. The molecule has 0 saturated heterocycles. The van der Waals surface area contributed by atoms with Crippen molar-refractivity contribution in [2.24, 2.45) is 0 Å². The zero-order chi connectivity index (χ0) is 13.1. The number of benzene rings is 1. The first-order valence-electron chi connectivity index (χ1n) is 6.39. The molecule has 0 radical (unpaired) electrons. The average Bonchev–Trinajstić information content (AvgIpc) is 2.80.